The minimum atomic E-state index is -0.00571. The minimum absolute atomic E-state index is 0.00571. The first-order valence-corrected chi connectivity index (χ1v) is 4.49. The second-order valence-corrected chi connectivity index (χ2v) is 2.86. The highest BCUT2D eigenvalue weighted by Gasteiger charge is 1.92. The number of nitrogens with zero attached hydrogens (tertiary/aromatic N) is 2. The average molecular weight is 194 g/mol. The molecule has 0 unspecified atom stereocenters. The van der Waals surface area contributed by atoms with E-state index in [2.05, 4.69) is 20.6 Å². The Morgan fingerprint density at radius 2 is 2.36 bits per heavy atom. The van der Waals surface area contributed by atoms with Gasteiger partial charge >= 0.3 is 0 Å². The normalized spacial score (nSPS) is 9.79. The van der Waals surface area contributed by atoms with Crippen molar-refractivity contribution in [1.82, 2.24) is 20.6 Å². The molecule has 0 aromatic carbocycles. The Kier molecular flexibility index (Phi) is 4.57. The second-order valence-electron chi connectivity index (χ2n) is 2.86. The van der Waals surface area contributed by atoms with Crippen LogP contribution in [0.5, 0.6) is 0 Å². The Morgan fingerprint density at radius 3 is 3.00 bits per heavy atom. The molecule has 5 nitrogen and oxygen atoms in total. The topological polar surface area (TPSA) is 66.9 Å². The van der Waals surface area contributed by atoms with E-state index in [0.717, 1.165) is 12.2 Å². The Balaban J connectivity index is 2.08. The summed E-state index contributed by atoms with van der Waals surface area (Å²) in [4.78, 5) is 18.4. The van der Waals surface area contributed by atoms with E-state index in [0.29, 0.717) is 13.1 Å². The van der Waals surface area contributed by atoms with Crippen molar-refractivity contribution in [3.63, 3.8) is 0 Å². The number of nitrogens with one attached hydrogen (secondary N) is 2. The maximum absolute atomic E-state index is 10.5. The third-order valence-corrected chi connectivity index (χ3v) is 1.63. The fourth-order valence-corrected chi connectivity index (χ4v) is 0.966. The Labute approximate surface area is 83.0 Å². The number of hydrogen-bond donors (Lipinski definition) is 2. The molecule has 0 bridgehead atoms. The van der Waals surface area contributed by atoms with E-state index in [-0.39, 0.29) is 5.91 Å². The van der Waals surface area contributed by atoms with Gasteiger partial charge in [-0.05, 0) is 6.07 Å². The van der Waals surface area contributed by atoms with Gasteiger partial charge in [-0.3, -0.25) is 4.79 Å². The molecule has 1 heterocycles. The van der Waals surface area contributed by atoms with Crippen molar-refractivity contribution in [3.8, 4) is 0 Å². The van der Waals surface area contributed by atoms with E-state index in [4.69, 9.17) is 0 Å². The van der Waals surface area contributed by atoms with Gasteiger partial charge in [-0.1, -0.05) is 0 Å². The molecule has 0 aliphatic carbocycles. The van der Waals surface area contributed by atoms with Crippen LogP contribution in [-0.4, -0.2) is 29.0 Å². The Bertz CT molecular complexity index is 275. The van der Waals surface area contributed by atoms with E-state index in [1.807, 2.05) is 6.07 Å². The van der Waals surface area contributed by atoms with Gasteiger partial charge in [0.25, 0.3) is 0 Å². The van der Waals surface area contributed by atoms with Gasteiger partial charge in [0.1, 0.15) is 6.33 Å². The SMILES string of the molecule is CC(=O)NCCNCc1ccncn1. The molecule has 1 aromatic heterocycles. The predicted molar refractivity (Wildman–Crippen MR) is 52.4 cm³/mol. The standard InChI is InChI=1S/C9H14N4O/c1-8(14)12-5-4-10-6-9-2-3-11-7-13-9/h2-3,7,10H,4-6H2,1H3,(H,12,14). The van der Waals surface area contributed by atoms with Crippen LogP contribution in [0, 0.1) is 0 Å². The summed E-state index contributed by atoms with van der Waals surface area (Å²) >= 11 is 0. The van der Waals surface area contributed by atoms with Crippen LogP contribution in [0.25, 0.3) is 0 Å². The minimum Gasteiger partial charge on any atom is -0.355 e. The molecular weight excluding hydrogens is 180 g/mol. The number of rotatable bonds is 5. The highest BCUT2D eigenvalue weighted by molar-refractivity contribution is 5.72. The summed E-state index contributed by atoms with van der Waals surface area (Å²) in [6.45, 7) is 3.58. The number of aromatic nitrogens is 2. The van der Waals surface area contributed by atoms with Crippen molar-refractivity contribution >= 4 is 5.91 Å². The summed E-state index contributed by atoms with van der Waals surface area (Å²) in [5, 5.41) is 5.85. The smallest absolute Gasteiger partial charge is 0.216 e. The molecular formula is C9H14N4O. The summed E-state index contributed by atoms with van der Waals surface area (Å²) in [5.41, 5.74) is 0.947. The molecule has 0 spiro atoms. The molecule has 0 aliphatic rings. The number of carbonyl (C=O) groups is 1. The van der Waals surface area contributed by atoms with Crippen molar-refractivity contribution in [2.24, 2.45) is 0 Å². The molecule has 1 amide bonds. The molecule has 0 aliphatic heterocycles. The zero-order valence-corrected chi connectivity index (χ0v) is 8.16. The first-order valence-electron chi connectivity index (χ1n) is 4.49. The van der Waals surface area contributed by atoms with Crippen LogP contribution in [0.2, 0.25) is 0 Å². The van der Waals surface area contributed by atoms with Crippen molar-refractivity contribution in [2.75, 3.05) is 13.1 Å². The number of hydrogen-bond acceptors (Lipinski definition) is 4. The molecule has 0 saturated carbocycles. The van der Waals surface area contributed by atoms with Crippen molar-refractivity contribution in [1.29, 1.82) is 0 Å². The van der Waals surface area contributed by atoms with Crippen LogP contribution in [0.15, 0.2) is 18.6 Å². The molecule has 76 valence electrons. The van der Waals surface area contributed by atoms with Gasteiger partial charge in [-0.15, -0.1) is 0 Å². The molecule has 5 heteroatoms. The predicted octanol–water partition coefficient (Wildman–Crippen LogP) is -0.298. The molecule has 1 aromatic rings. The lowest BCUT2D eigenvalue weighted by molar-refractivity contribution is -0.118. The summed E-state index contributed by atoms with van der Waals surface area (Å²) < 4.78 is 0. The summed E-state index contributed by atoms with van der Waals surface area (Å²) in [6.07, 6.45) is 3.22. The quantitative estimate of drug-likeness (QED) is 0.632. The maximum atomic E-state index is 10.5. The van der Waals surface area contributed by atoms with E-state index in [1.54, 1.807) is 6.20 Å². The highest BCUT2D eigenvalue weighted by atomic mass is 16.1. The third kappa shape index (κ3) is 4.51. The van der Waals surface area contributed by atoms with Gasteiger partial charge in [-0.2, -0.15) is 0 Å². The second kappa shape index (κ2) is 6.04. The van der Waals surface area contributed by atoms with Crippen LogP contribution in [0.3, 0.4) is 0 Å². The average Bonchev–Trinajstić information content (AvgIpc) is 2.18. The maximum Gasteiger partial charge on any atom is 0.216 e. The third-order valence-electron chi connectivity index (χ3n) is 1.63. The molecule has 0 radical (unpaired) electrons. The summed E-state index contributed by atoms with van der Waals surface area (Å²) in [7, 11) is 0. The van der Waals surface area contributed by atoms with Crippen LogP contribution in [0.4, 0.5) is 0 Å². The highest BCUT2D eigenvalue weighted by Crippen LogP contribution is 1.88. The van der Waals surface area contributed by atoms with E-state index < -0.39 is 0 Å². The van der Waals surface area contributed by atoms with Gasteiger partial charge in [-0.25, -0.2) is 9.97 Å². The fourth-order valence-electron chi connectivity index (χ4n) is 0.966. The van der Waals surface area contributed by atoms with Crippen molar-refractivity contribution in [3.05, 3.63) is 24.3 Å². The van der Waals surface area contributed by atoms with Crippen LogP contribution < -0.4 is 10.6 Å². The fraction of sp³-hybridized carbons (Fsp3) is 0.444. The Morgan fingerprint density at radius 1 is 1.50 bits per heavy atom. The number of carbonyl (C=O) groups excluding carboxylic acids is 1. The molecule has 1 rings (SSSR count). The van der Waals surface area contributed by atoms with Gasteiger partial charge in [0, 0.05) is 32.8 Å². The molecule has 0 atom stereocenters. The van der Waals surface area contributed by atoms with Gasteiger partial charge in [0.2, 0.25) is 5.91 Å². The van der Waals surface area contributed by atoms with Gasteiger partial charge in [0.15, 0.2) is 0 Å². The first kappa shape index (κ1) is 10.6. The lowest BCUT2D eigenvalue weighted by atomic mass is 10.4. The monoisotopic (exact) mass is 194 g/mol. The van der Waals surface area contributed by atoms with E-state index >= 15 is 0 Å². The van der Waals surface area contributed by atoms with E-state index in [1.165, 1.54) is 13.3 Å². The largest absolute Gasteiger partial charge is 0.355 e. The van der Waals surface area contributed by atoms with Crippen molar-refractivity contribution < 1.29 is 4.79 Å². The summed E-state index contributed by atoms with van der Waals surface area (Å²) in [6, 6.07) is 1.85. The van der Waals surface area contributed by atoms with Crippen LogP contribution in [-0.2, 0) is 11.3 Å². The molecule has 0 saturated heterocycles. The van der Waals surface area contributed by atoms with Gasteiger partial charge in [0.05, 0.1) is 5.69 Å². The van der Waals surface area contributed by atoms with Gasteiger partial charge < -0.3 is 10.6 Å². The summed E-state index contributed by atoms with van der Waals surface area (Å²) in [5.74, 6) is -0.00571. The van der Waals surface area contributed by atoms with Crippen LogP contribution in [0.1, 0.15) is 12.6 Å². The lowest BCUT2D eigenvalue weighted by Crippen LogP contribution is -2.30. The molecule has 2 N–H and O–H groups in total. The number of amides is 1. The van der Waals surface area contributed by atoms with Crippen LogP contribution >= 0.6 is 0 Å². The lowest BCUT2D eigenvalue weighted by Gasteiger charge is -2.04. The molecule has 14 heavy (non-hydrogen) atoms. The zero-order chi connectivity index (χ0) is 10.2. The molecule has 0 fully saturated rings. The Hall–Kier alpha value is -1.49. The first-order chi connectivity index (χ1) is 6.79. The zero-order valence-electron chi connectivity index (χ0n) is 8.16. The van der Waals surface area contributed by atoms with E-state index in [9.17, 15) is 4.79 Å². The van der Waals surface area contributed by atoms with Crippen molar-refractivity contribution in [2.45, 2.75) is 13.5 Å².